The van der Waals surface area contributed by atoms with E-state index in [2.05, 4.69) is 4.98 Å². The van der Waals surface area contributed by atoms with Gasteiger partial charge in [0.25, 0.3) is 5.91 Å². The fourth-order valence-electron chi connectivity index (χ4n) is 1.52. The van der Waals surface area contributed by atoms with Gasteiger partial charge in [0.2, 0.25) is 0 Å². The Labute approximate surface area is 97.2 Å². The number of aromatic nitrogens is 1. The van der Waals surface area contributed by atoms with Crippen molar-refractivity contribution in [1.29, 1.82) is 5.41 Å². The zero-order chi connectivity index (χ0) is 12.6. The van der Waals surface area contributed by atoms with Crippen molar-refractivity contribution in [3.8, 4) is 5.75 Å². The maximum absolute atomic E-state index is 11.9. The van der Waals surface area contributed by atoms with E-state index in [1.165, 1.54) is 13.1 Å². The normalized spacial score (nSPS) is 10.4. The van der Waals surface area contributed by atoms with Gasteiger partial charge in [0.1, 0.15) is 11.4 Å². The number of phenolic OH excluding ortho intramolecular Hbond substituents is 1. The number of hydrogen-bond acceptors (Lipinski definition) is 3. The first kappa shape index (κ1) is 11.0. The summed E-state index contributed by atoms with van der Waals surface area (Å²) in [5.74, 6) is -0.594. The molecule has 2 aromatic rings. The summed E-state index contributed by atoms with van der Waals surface area (Å²) in [7, 11) is 1.42. The van der Waals surface area contributed by atoms with Crippen molar-refractivity contribution >= 4 is 22.8 Å². The molecule has 0 radical (unpaired) electrons. The highest BCUT2D eigenvalue weighted by Crippen LogP contribution is 2.20. The number of amides is 1. The van der Waals surface area contributed by atoms with Crippen LogP contribution in [0.4, 0.5) is 0 Å². The molecule has 6 nitrogen and oxygen atoms in total. The van der Waals surface area contributed by atoms with Crippen LogP contribution in [0.25, 0.3) is 10.9 Å². The molecule has 0 saturated carbocycles. The number of rotatable bonds is 1. The van der Waals surface area contributed by atoms with Crippen LogP contribution in [0.1, 0.15) is 10.5 Å². The molecule has 0 saturated heterocycles. The number of phenols is 1. The fourth-order valence-corrected chi connectivity index (χ4v) is 1.52. The predicted molar refractivity (Wildman–Crippen MR) is 64.0 cm³/mol. The van der Waals surface area contributed by atoms with Gasteiger partial charge in [-0.3, -0.25) is 15.1 Å². The summed E-state index contributed by atoms with van der Waals surface area (Å²) in [6.45, 7) is 0. The molecule has 0 atom stereocenters. The molecule has 1 heterocycles. The SMILES string of the molecule is CN(C(=N)N)C(=O)c1cc2ccc(O)cc2[nH]1. The number of nitrogens with zero attached hydrogens (tertiary/aromatic N) is 1. The highest BCUT2D eigenvalue weighted by Gasteiger charge is 2.16. The van der Waals surface area contributed by atoms with Crippen LogP contribution in [-0.4, -0.2) is 33.9 Å². The van der Waals surface area contributed by atoms with E-state index >= 15 is 0 Å². The highest BCUT2D eigenvalue weighted by molar-refractivity contribution is 6.05. The Morgan fingerprint density at radius 2 is 2.18 bits per heavy atom. The predicted octanol–water partition coefficient (Wildman–Crippen LogP) is 0.839. The Morgan fingerprint density at radius 1 is 1.47 bits per heavy atom. The van der Waals surface area contributed by atoms with E-state index < -0.39 is 5.91 Å². The number of guanidine groups is 1. The molecule has 6 heteroatoms. The molecule has 0 aliphatic rings. The lowest BCUT2D eigenvalue weighted by molar-refractivity contribution is 0.0864. The standard InChI is InChI=1S/C11H12N4O2/c1-15(11(12)13)10(17)9-4-6-2-3-7(16)5-8(6)14-9/h2-5,14,16H,1H3,(H3,12,13). The minimum Gasteiger partial charge on any atom is -0.508 e. The summed E-state index contributed by atoms with van der Waals surface area (Å²) in [6.07, 6.45) is 0. The topological polar surface area (TPSA) is 106 Å². The molecule has 88 valence electrons. The van der Waals surface area contributed by atoms with Gasteiger partial charge in [0, 0.05) is 24.0 Å². The summed E-state index contributed by atoms with van der Waals surface area (Å²) in [6, 6.07) is 6.42. The van der Waals surface area contributed by atoms with Gasteiger partial charge in [-0.2, -0.15) is 0 Å². The largest absolute Gasteiger partial charge is 0.508 e. The molecule has 2 rings (SSSR count). The van der Waals surface area contributed by atoms with Crippen LogP contribution in [0.3, 0.4) is 0 Å². The van der Waals surface area contributed by atoms with Crippen LogP contribution >= 0.6 is 0 Å². The molecule has 17 heavy (non-hydrogen) atoms. The number of H-pyrrole nitrogens is 1. The van der Waals surface area contributed by atoms with E-state index in [1.807, 2.05) is 0 Å². The lowest BCUT2D eigenvalue weighted by atomic mass is 10.2. The van der Waals surface area contributed by atoms with Gasteiger partial charge in [-0.05, 0) is 18.2 Å². The minimum absolute atomic E-state index is 0.123. The first-order valence-electron chi connectivity index (χ1n) is 4.93. The van der Waals surface area contributed by atoms with Gasteiger partial charge in [-0.25, -0.2) is 0 Å². The second-order valence-corrected chi connectivity index (χ2v) is 3.70. The Hall–Kier alpha value is -2.50. The summed E-state index contributed by atoms with van der Waals surface area (Å²) >= 11 is 0. The zero-order valence-corrected chi connectivity index (χ0v) is 9.19. The maximum atomic E-state index is 11.9. The first-order valence-corrected chi connectivity index (χ1v) is 4.93. The van der Waals surface area contributed by atoms with Crippen molar-refractivity contribution in [3.63, 3.8) is 0 Å². The molecule has 0 spiro atoms. The number of benzene rings is 1. The summed E-state index contributed by atoms with van der Waals surface area (Å²) in [5.41, 5.74) is 6.21. The van der Waals surface area contributed by atoms with Crippen LogP contribution in [0, 0.1) is 5.41 Å². The van der Waals surface area contributed by atoms with Gasteiger partial charge in [-0.15, -0.1) is 0 Å². The number of aromatic hydroxyl groups is 1. The van der Waals surface area contributed by atoms with Gasteiger partial charge >= 0.3 is 0 Å². The molecule has 1 aromatic carbocycles. The van der Waals surface area contributed by atoms with Crippen LogP contribution < -0.4 is 5.73 Å². The zero-order valence-electron chi connectivity index (χ0n) is 9.19. The van der Waals surface area contributed by atoms with Crippen LogP contribution in [0.15, 0.2) is 24.3 Å². The number of hydrogen-bond donors (Lipinski definition) is 4. The van der Waals surface area contributed by atoms with Gasteiger partial charge in [0.15, 0.2) is 5.96 Å². The van der Waals surface area contributed by atoms with Crippen LogP contribution in [0.5, 0.6) is 5.75 Å². The molecular weight excluding hydrogens is 220 g/mol. The second-order valence-electron chi connectivity index (χ2n) is 3.70. The molecule has 5 N–H and O–H groups in total. The first-order chi connectivity index (χ1) is 7.99. The molecule has 0 aliphatic heterocycles. The fraction of sp³-hybridized carbons (Fsp3) is 0.0909. The van der Waals surface area contributed by atoms with Crippen molar-refractivity contribution in [3.05, 3.63) is 30.0 Å². The van der Waals surface area contributed by atoms with Crippen molar-refractivity contribution < 1.29 is 9.90 Å². The summed E-state index contributed by atoms with van der Waals surface area (Å²) in [5, 5.41) is 17.3. The molecule has 0 aliphatic carbocycles. The Kier molecular flexibility index (Phi) is 2.47. The Balaban J connectivity index is 2.43. The van der Waals surface area contributed by atoms with E-state index in [4.69, 9.17) is 11.1 Å². The molecule has 0 unspecified atom stereocenters. The van der Waals surface area contributed by atoms with Crippen molar-refractivity contribution in [2.24, 2.45) is 5.73 Å². The molecule has 1 aromatic heterocycles. The lowest BCUT2D eigenvalue weighted by Gasteiger charge is -2.12. The van der Waals surface area contributed by atoms with E-state index in [-0.39, 0.29) is 11.7 Å². The molecule has 0 bridgehead atoms. The number of carbonyl (C=O) groups is 1. The van der Waals surface area contributed by atoms with Crippen molar-refractivity contribution in [1.82, 2.24) is 9.88 Å². The van der Waals surface area contributed by atoms with Gasteiger partial charge in [0.05, 0.1) is 0 Å². The lowest BCUT2D eigenvalue weighted by Crippen LogP contribution is -2.38. The third kappa shape index (κ3) is 1.92. The second kappa shape index (κ2) is 3.82. The third-order valence-electron chi connectivity index (χ3n) is 2.50. The average Bonchev–Trinajstić information content (AvgIpc) is 2.69. The summed E-state index contributed by atoms with van der Waals surface area (Å²) < 4.78 is 0. The maximum Gasteiger partial charge on any atom is 0.276 e. The number of fused-ring (bicyclic) bond motifs is 1. The smallest absolute Gasteiger partial charge is 0.276 e. The van der Waals surface area contributed by atoms with E-state index in [9.17, 15) is 9.90 Å². The van der Waals surface area contributed by atoms with Gasteiger partial charge < -0.3 is 15.8 Å². The number of nitrogens with two attached hydrogens (primary N) is 1. The highest BCUT2D eigenvalue weighted by atomic mass is 16.3. The van der Waals surface area contributed by atoms with Crippen LogP contribution in [0.2, 0.25) is 0 Å². The number of aromatic amines is 1. The van der Waals surface area contributed by atoms with Crippen molar-refractivity contribution in [2.75, 3.05) is 7.05 Å². The number of carbonyl (C=O) groups excluding carboxylic acids is 1. The van der Waals surface area contributed by atoms with E-state index in [1.54, 1.807) is 18.2 Å². The van der Waals surface area contributed by atoms with Gasteiger partial charge in [-0.1, -0.05) is 0 Å². The third-order valence-corrected chi connectivity index (χ3v) is 2.50. The van der Waals surface area contributed by atoms with Crippen LogP contribution in [-0.2, 0) is 0 Å². The summed E-state index contributed by atoms with van der Waals surface area (Å²) in [4.78, 5) is 15.8. The molecule has 1 amide bonds. The van der Waals surface area contributed by atoms with E-state index in [0.717, 1.165) is 10.3 Å². The molecular formula is C11H12N4O2. The van der Waals surface area contributed by atoms with E-state index in [0.29, 0.717) is 11.2 Å². The number of nitrogens with one attached hydrogen (secondary N) is 2. The monoisotopic (exact) mass is 232 g/mol. The molecule has 0 fully saturated rings. The Morgan fingerprint density at radius 3 is 2.82 bits per heavy atom. The average molecular weight is 232 g/mol. The van der Waals surface area contributed by atoms with Crippen molar-refractivity contribution in [2.45, 2.75) is 0 Å². The Bertz CT molecular complexity index is 603. The quantitative estimate of drug-likeness (QED) is 0.432. The minimum atomic E-state index is -0.395.